The van der Waals surface area contributed by atoms with Crippen molar-refractivity contribution in [2.75, 3.05) is 31.3 Å². The number of anilines is 2. The van der Waals surface area contributed by atoms with Gasteiger partial charge in [0, 0.05) is 32.5 Å². The first-order valence-electron chi connectivity index (χ1n) is 6.13. The minimum atomic E-state index is 0.629. The average molecular weight is 262 g/mol. The van der Waals surface area contributed by atoms with Crippen molar-refractivity contribution in [3.05, 3.63) is 24.8 Å². The quantitative estimate of drug-likeness (QED) is 0.731. The van der Waals surface area contributed by atoms with Gasteiger partial charge in [-0.3, -0.25) is 4.68 Å². The molecule has 0 spiro atoms. The highest BCUT2D eigenvalue weighted by atomic mass is 16.5. The zero-order valence-corrected chi connectivity index (χ0v) is 11.1. The second-order valence-corrected chi connectivity index (χ2v) is 3.90. The predicted molar refractivity (Wildman–Crippen MR) is 73.5 cm³/mol. The summed E-state index contributed by atoms with van der Waals surface area (Å²) in [5, 5.41) is 10.4. The standard InChI is InChI=1S/C12H18N6O/c1-13-11-10(19-2)12(16-9-15-11)14-5-3-7-18-8-4-6-17-18/h4,6,8-9H,3,5,7H2,1-2H3,(H2,13,14,15,16). The number of aryl methyl sites for hydroxylation is 1. The van der Waals surface area contributed by atoms with E-state index in [0.717, 1.165) is 19.5 Å². The molecule has 0 amide bonds. The zero-order valence-electron chi connectivity index (χ0n) is 11.1. The molecule has 2 heterocycles. The fraction of sp³-hybridized carbons (Fsp3) is 0.417. The smallest absolute Gasteiger partial charge is 0.204 e. The Kier molecular flexibility index (Phi) is 4.54. The van der Waals surface area contributed by atoms with E-state index in [9.17, 15) is 0 Å². The van der Waals surface area contributed by atoms with Crippen LogP contribution in [0.15, 0.2) is 24.8 Å². The van der Waals surface area contributed by atoms with Crippen LogP contribution >= 0.6 is 0 Å². The third kappa shape index (κ3) is 3.34. The molecule has 2 aromatic heterocycles. The first-order valence-corrected chi connectivity index (χ1v) is 6.13. The van der Waals surface area contributed by atoms with E-state index < -0.39 is 0 Å². The topological polar surface area (TPSA) is 76.9 Å². The number of ether oxygens (including phenoxy) is 1. The van der Waals surface area contributed by atoms with Crippen molar-refractivity contribution in [1.82, 2.24) is 19.7 Å². The molecule has 7 heteroatoms. The van der Waals surface area contributed by atoms with Gasteiger partial charge in [0.1, 0.15) is 6.33 Å². The van der Waals surface area contributed by atoms with Gasteiger partial charge in [0.2, 0.25) is 5.75 Å². The summed E-state index contributed by atoms with van der Waals surface area (Å²) in [5.41, 5.74) is 0. The maximum Gasteiger partial charge on any atom is 0.204 e. The molecule has 0 radical (unpaired) electrons. The second kappa shape index (κ2) is 6.58. The van der Waals surface area contributed by atoms with Crippen LogP contribution in [0.25, 0.3) is 0 Å². The lowest BCUT2D eigenvalue weighted by atomic mass is 10.4. The predicted octanol–water partition coefficient (Wildman–Crippen LogP) is 1.23. The van der Waals surface area contributed by atoms with Crippen LogP contribution in [0.2, 0.25) is 0 Å². The third-order valence-corrected chi connectivity index (χ3v) is 2.66. The first-order chi connectivity index (χ1) is 9.35. The van der Waals surface area contributed by atoms with E-state index in [1.807, 2.05) is 16.9 Å². The maximum atomic E-state index is 5.30. The Morgan fingerprint density at radius 1 is 1.32 bits per heavy atom. The average Bonchev–Trinajstić information content (AvgIpc) is 2.96. The highest BCUT2D eigenvalue weighted by molar-refractivity contribution is 5.63. The number of methoxy groups -OCH3 is 1. The van der Waals surface area contributed by atoms with Gasteiger partial charge in [0.05, 0.1) is 7.11 Å². The number of nitrogens with zero attached hydrogens (tertiary/aromatic N) is 4. The van der Waals surface area contributed by atoms with Crippen molar-refractivity contribution >= 4 is 11.6 Å². The van der Waals surface area contributed by atoms with Crippen molar-refractivity contribution in [1.29, 1.82) is 0 Å². The molecule has 102 valence electrons. The molecule has 19 heavy (non-hydrogen) atoms. The zero-order chi connectivity index (χ0) is 13.5. The van der Waals surface area contributed by atoms with Gasteiger partial charge in [-0.05, 0) is 12.5 Å². The SMILES string of the molecule is CNc1ncnc(NCCCn2cccn2)c1OC. The molecule has 0 saturated heterocycles. The summed E-state index contributed by atoms with van der Waals surface area (Å²) >= 11 is 0. The Morgan fingerprint density at radius 3 is 2.84 bits per heavy atom. The van der Waals surface area contributed by atoms with Gasteiger partial charge < -0.3 is 15.4 Å². The summed E-state index contributed by atoms with van der Waals surface area (Å²) in [5.74, 6) is 2.00. The Hall–Kier alpha value is -2.31. The summed E-state index contributed by atoms with van der Waals surface area (Å²) in [7, 11) is 3.40. The normalized spacial score (nSPS) is 10.2. The van der Waals surface area contributed by atoms with Gasteiger partial charge >= 0.3 is 0 Å². The van der Waals surface area contributed by atoms with Crippen LogP contribution in [0, 0.1) is 0 Å². The monoisotopic (exact) mass is 262 g/mol. The Balaban J connectivity index is 1.88. The van der Waals surface area contributed by atoms with Crippen LogP contribution in [0.5, 0.6) is 5.75 Å². The molecule has 0 bridgehead atoms. The van der Waals surface area contributed by atoms with Crippen molar-refractivity contribution in [2.45, 2.75) is 13.0 Å². The van der Waals surface area contributed by atoms with E-state index >= 15 is 0 Å². The molecule has 0 aliphatic heterocycles. The lowest BCUT2D eigenvalue weighted by molar-refractivity contribution is 0.414. The number of rotatable bonds is 7. The van der Waals surface area contributed by atoms with E-state index in [1.165, 1.54) is 6.33 Å². The van der Waals surface area contributed by atoms with Crippen LogP contribution in [0.3, 0.4) is 0 Å². The minimum absolute atomic E-state index is 0.629. The number of nitrogens with one attached hydrogen (secondary N) is 2. The lowest BCUT2D eigenvalue weighted by Crippen LogP contribution is -2.10. The molecule has 2 aromatic rings. The number of aromatic nitrogens is 4. The van der Waals surface area contributed by atoms with Crippen molar-refractivity contribution in [2.24, 2.45) is 0 Å². The third-order valence-electron chi connectivity index (χ3n) is 2.66. The van der Waals surface area contributed by atoms with E-state index in [2.05, 4.69) is 25.7 Å². The highest BCUT2D eigenvalue weighted by Crippen LogP contribution is 2.28. The largest absolute Gasteiger partial charge is 0.490 e. The molecule has 2 rings (SSSR count). The minimum Gasteiger partial charge on any atom is -0.490 e. The molecule has 0 aliphatic rings. The van der Waals surface area contributed by atoms with Gasteiger partial charge in [-0.1, -0.05) is 0 Å². The maximum absolute atomic E-state index is 5.30. The van der Waals surface area contributed by atoms with Gasteiger partial charge in [0.15, 0.2) is 11.6 Å². The summed E-state index contributed by atoms with van der Waals surface area (Å²) in [6.07, 6.45) is 6.18. The van der Waals surface area contributed by atoms with Crippen LogP contribution in [0.1, 0.15) is 6.42 Å². The van der Waals surface area contributed by atoms with Gasteiger partial charge in [-0.15, -0.1) is 0 Å². The number of hydrogen-bond donors (Lipinski definition) is 2. The molecule has 7 nitrogen and oxygen atoms in total. The summed E-state index contributed by atoms with van der Waals surface area (Å²) < 4.78 is 7.20. The van der Waals surface area contributed by atoms with Crippen molar-refractivity contribution < 1.29 is 4.74 Å². The molecule has 0 unspecified atom stereocenters. The molecule has 2 N–H and O–H groups in total. The fourth-order valence-corrected chi connectivity index (χ4v) is 1.75. The van der Waals surface area contributed by atoms with Gasteiger partial charge in [-0.25, -0.2) is 9.97 Å². The van der Waals surface area contributed by atoms with E-state index in [4.69, 9.17) is 4.74 Å². The molecule has 0 fully saturated rings. The van der Waals surface area contributed by atoms with E-state index in [1.54, 1.807) is 20.4 Å². The Morgan fingerprint density at radius 2 is 2.16 bits per heavy atom. The van der Waals surface area contributed by atoms with Crippen LogP contribution < -0.4 is 15.4 Å². The van der Waals surface area contributed by atoms with E-state index in [0.29, 0.717) is 17.4 Å². The summed E-state index contributed by atoms with van der Waals surface area (Å²) in [6.45, 7) is 1.66. The van der Waals surface area contributed by atoms with Gasteiger partial charge in [-0.2, -0.15) is 5.10 Å². The number of hydrogen-bond acceptors (Lipinski definition) is 6. The molecule has 0 aromatic carbocycles. The van der Waals surface area contributed by atoms with Crippen LogP contribution in [0.4, 0.5) is 11.6 Å². The van der Waals surface area contributed by atoms with Crippen LogP contribution in [-0.2, 0) is 6.54 Å². The molecule has 0 aliphatic carbocycles. The molecule has 0 saturated carbocycles. The molecular weight excluding hydrogens is 244 g/mol. The fourth-order valence-electron chi connectivity index (χ4n) is 1.75. The Labute approximate surface area is 112 Å². The molecule has 0 atom stereocenters. The van der Waals surface area contributed by atoms with Crippen molar-refractivity contribution in [3.8, 4) is 5.75 Å². The van der Waals surface area contributed by atoms with Gasteiger partial charge in [0.25, 0.3) is 0 Å². The van der Waals surface area contributed by atoms with E-state index in [-0.39, 0.29) is 0 Å². The van der Waals surface area contributed by atoms with Crippen LogP contribution in [-0.4, -0.2) is 40.5 Å². The molecular formula is C12H18N6O. The second-order valence-electron chi connectivity index (χ2n) is 3.90. The first kappa shape index (κ1) is 13.1. The van der Waals surface area contributed by atoms with Crippen molar-refractivity contribution in [3.63, 3.8) is 0 Å². The summed E-state index contributed by atoms with van der Waals surface area (Å²) in [4.78, 5) is 8.28. The highest BCUT2D eigenvalue weighted by Gasteiger charge is 2.09. The Bertz CT molecular complexity index is 499. The summed E-state index contributed by atoms with van der Waals surface area (Å²) in [6, 6.07) is 1.92. The lowest BCUT2D eigenvalue weighted by Gasteiger charge is -2.12.